The summed E-state index contributed by atoms with van der Waals surface area (Å²) in [6, 6.07) is 16.9. The second kappa shape index (κ2) is 7.86. The number of hydrogen-bond donors (Lipinski definition) is 1. The number of primary sulfonamides is 1. The van der Waals surface area contributed by atoms with Gasteiger partial charge in [0.15, 0.2) is 0 Å². The van der Waals surface area contributed by atoms with E-state index in [2.05, 4.69) is 34.1 Å². The van der Waals surface area contributed by atoms with Crippen molar-refractivity contribution in [3.05, 3.63) is 54.6 Å². The van der Waals surface area contributed by atoms with Crippen LogP contribution in [-0.2, 0) is 10.0 Å². The van der Waals surface area contributed by atoms with Crippen LogP contribution in [0.2, 0.25) is 0 Å². The molecule has 2 N–H and O–H groups in total. The lowest BCUT2D eigenvalue weighted by molar-refractivity contribution is 0.198. The number of hydrogen-bond acceptors (Lipinski definition) is 5. The van der Waals surface area contributed by atoms with Crippen LogP contribution in [0, 0.1) is 0 Å². The third-order valence-electron chi connectivity index (χ3n) is 4.31. The quantitative estimate of drug-likeness (QED) is 0.845. The first kappa shape index (κ1) is 17.7. The van der Waals surface area contributed by atoms with Gasteiger partial charge in [-0.2, -0.15) is 0 Å². The van der Waals surface area contributed by atoms with Crippen LogP contribution in [0.5, 0.6) is 5.75 Å². The first-order chi connectivity index (χ1) is 12.0. The summed E-state index contributed by atoms with van der Waals surface area (Å²) in [4.78, 5) is 4.72. The normalized spacial score (nSPS) is 16.0. The largest absolute Gasteiger partial charge is 0.491 e. The van der Waals surface area contributed by atoms with Crippen molar-refractivity contribution >= 4 is 15.7 Å². The summed E-state index contributed by atoms with van der Waals surface area (Å²) in [7, 11) is -3.77. The van der Waals surface area contributed by atoms with Gasteiger partial charge in [-0.05, 0) is 24.3 Å². The third-order valence-corrected chi connectivity index (χ3v) is 5.26. The molecule has 3 rings (SSSR count). The standard InChI is InChI=1S/C18H23N3O3S/c19-25(22,23)18-9-5-4-8-17(18)24-15-14-20-10-12-21(13-11-20)16-6-2-1-3-7-16/h1-9H,10-15H2,(H2,19,22,23). The summed E-state index contributed by atoms with van der Waals surface area (Å²) >= 11 is 0. The molecule has 2 aromatic carbocycles. The summed E-state index contributed by atoms with van der Waals surface area (Å²) in [6.45, 7) is 5.03. The van der Waals surface area contributed by atoms with Crippen LogP contribution >= 0.6 is 0 Å². The number of sulfonamides is 1. The molecule has 0 saturated carbocycles. The highest BCUT2D eigenvalue weighted by molar-refractivity contribution is 7.89. The molecule has 134 valence electrons. The molecule has 1 aliphatic heterocycles. The first-order valence-corrected chi connectivity index (χ1v) is 9.86. The van der Waals surface area contributed by atoms with Gasteiger partial charge in [0.25, 0.3) is 0 Å². The number of para-hydroxylation sites is 2. The SMILES string of the molecule is NS(=O)(=O)c1ccccc1OCCN1CCN(c2ccccc2)CC1. The Balaban J connectivity index is 1.48. The van der Waals surface area contributed by atoms with Gasteiger partial charge in [-0.3, -0.25) is 4.90 Å². The number of nitrogens with two attached hydrogens (primary N) is 1. The Kier molecular flexibility index (Phi) is 5.57. The Bertz CT molecular complexity index is 788. The van der Waals surface area contributed by atoms with Crippen LogP contribution in [-0.4, -0.2) is 52.6 Å². The molecule has 6 nitrogen and oxygen atoms in total. The van der Waals surface area contributed by atoms with Crippen LogP contribution < -0.4 is 14.8 Å². The van der Waals surface area contributed by atoms with Crippen LogP contribution in [0.4, 0.5) is 5.69 Å². The average Bonchev–Trinajstić information content (AvgIpc) is 2.63. The van der Waals surface area contributed by atoms with Crippen LogP contribution in [0.1, 0.15) is 0 Å². The van der Waals surface area contributed by atoms with E-state index in [4.69, 9.17) is 9.88 Å². The van der Waals surface area contributed by atoms with Gasteiger partial charge in [-0.1, -0.05) is 30.3 Å². The van der Waals surface area contributed by atoms with Gasteiger partial charge in [-0.15, -0.1) is 0 Å². The zero-order chi connectivity index (χ0) is 17.7. The third kappa shape index (κ3) is 4.72. The van der Waals surface area contributed by atoms with Crippen molar-refractivity contribution in [2.24, 2.45) is 5.14 Å². The Morgan fingerprint density at radius 2 is 1.56 bits per heavy atom. The van der Waals surface area contributed by atoms with Crippen molar-refractivity contribution in [2.75, 3.05) is 44.2 Å². The second-order valence-electron chi connectivity index (χ2n) is 6.00. The van der Waals surface area contributed by atoms with E-state index in [1.54, 1.807) is 18.2 Å². The van der Waals surface area contributed by atoms with Gasteiger partial charge >= 0.3 is 0 Å². The number of anilines is 1. The number of ether oxygens (including phenoxy) is 1. The van der Waals surface area contributed by atoms with Gasteiger partial charge < -0.3 is 9.64 Å². The van der Waals surface area contributed by atoms with Crippen LogP contribution in [0.25, 0.3) is 0 Å². The molecule has 0 amide bonds. The molecule has 0 spiro atoms. The summed E-state index contributed by atoms with van der Waals surface area (Å²) in [5.41, 5.74) is 1.25. The monoisotopic (exact) mass is 361 g/mol. The van der Waals surface area contributed by atoms with Gasteiger partial charge in [0.2, 0.25) is 10.0 Å². The van der Waals surface area contributed by atoms with Crippen molar-refractivity contribution in [1.29, 1.82) is 0 Å². The second-order valence-corrected chi connectivity index (χ2v) is 7.53. The molecule has 0 atom stereocenters. The van der Waals surface area contributed by atoms with E-state index in [-0.39, 0.29) is 4.90 Å². The molecular weight excluding hydrogens is 338 g/mol. The molecule has 0 bridgehead atoms. The number of benzene rings is 2. The average molecular weight is 361 g/mol. The molecule has 1 saturated heterocycles. The summed E-state index contributed by atoms with van der Waals surface area (Å²) in [5.74, 6) is 0.313. The topological polar surface area (TPSA) is 75.9 Å². The fraction of sp³-hybridized carbons (Fsp3) is 0.333. The molecule has 0 radical (unpaired) electrons. The van der Waals surface area contributed by atoms with Crippen LogP contribution in [0.3, 0.4) is 0 Å². The smallest absolute Gasteiger partial charge is 0.241 e. The van der Waals surface area contributed by atoms with E-state index >= 15 is 0 Å². The predicted octanol–water partition coefficient (Wildman–Crippen LogP) is 1.53. The fourth-order valence-corrected chi connectivity index (χ4v) is 3.63. The van der Waals surface area contributed by atoms with Crippen molar-refractivity contribution in [3.8, 4) is 5.75 Å². The maximum absolute atomic E-state index is 11.6. The van der Waals surface area contributed by atoms with Crippen molar-refractivity contribution < 1.29 is 13.2 Å². The molecule has 1 fully saturated rings. The Labute approximate surface area is 148 Å². The van der Waals surface area contributed by atoms with Gasteiger partial charge in [0, 0.05) is 38.4 Å². The minimum Gasteiger partial charge on any atom is -0.491 e. The lowest BCUT2D eigenvalue weighted by atomic mass is 10.2. The Hall–Kier alpha value is -2.09. The minimum absolute atomic E-state index is 0.0314. The summed E-state index contributed by atoms with van der Waals surface area (Å²) in [5, 5.41) is 5.22. The van der Waals surface area contributed by atoms with E-state index in [0.717, 1.165) is 32.7 Å². The van der Waals surface area contributed by atoms with E-state index in [0.29, 0.717) is 12.4 Å². The lowest BCUT2D eigenvalue weighted by Gasteiger charge is -2.36. The zero-order valence-electron chi connectivity index (χ0n) is 14.0. The molecule has 0 unspecified atom stereocenters. The maximum Gasteiger partial charge on any atom is 0.241 e. The van der Waals surface area contributed by atoms with Crippen LogP contribution in [0.15, 0.2) is 59.5 Å². The molecule has 0 aliphatic carbocycles. The molecule has 7 heteroatoms. The van der Waals surface area contributed by atoms with Crippen molar-refractivity contribution in [2.45, 2.75) is 4.90 Å². The predicted molar refractivity (Wildman–Crippen MR) is 98.4 cm³/mol. The Morgan fingerprint density at radius 1 is 0.920 bits per heavy atom. The first-order valence-electron chi connectivity index (χ1n) is 8.31. The molecule has 0 aromatic heterocycles. The molecule has 1 heterocycles. The molecule has 25 heavy (non-hydrogen) atoms. The molecule has 1 aliphatic rings. The summed E-state index contributed by atoms with van der Waals surface area (Å²) in [6.07, 6.45) is 0. The highest BCUT2D eigenvalue weighted by Crippen LogP contribution is 2.22. The highest BCUT2D eigenvalue weighted by Gasteiger charge is 2.18. The Morgan fingerprint density at radius 3 is 2.24 bits per heavy atom. The van der Waals surface area contributed by atoms with E-state index < -0.39 is 10.0 Å². The fourth-order valence-electron chi connectivity index (χ4n) is 2.96. The van der Waals surface area contributed by atoms with Gasteiger partial charge in [0.1, 0.15) is 17.3 Å². The van der Waals surface area contributed by atoms with Gasteiger partial charge in [-0.25, -0.2) is 13.6 Å². The zero-order valence-corrected chi connectivity index (χ0v) is 14.9. The molecule has 2 aromatic rings. The van der Waals surface area contributed by atoms with E-state index in [1.807, 2.05) is 6.07 Å². The van der Waals surface area contributed by atoms with Gasteiger partial charge in [0.05, 0.1) is 0 Å². The number of piperazine rings is 1. The maximum atomic E-state index is 11.6. The number of rotatable bonds is 6. The van der Waals surface area contributed by atoms with E-state index in [9.17, 15) is 8.42 Å². The van der Waals surface area contributed by atoms with Crippen molar-refractivity contribution in [3.63, 3.8) is 0 Å². The lowest BCUT2D eigenvalue weighted by Crippen LogP contribution is -2.47. The number of nitrogens with zero attached hydrogens (tertiary/aromatic N) is 2. The highest BCUT2D eigenvalue weighted by atomic mass is 32.2. The van der Waals surface area contributed by atoms with Crippen molar-refractivity contribution in [1.82, 2.24) is 4.90 Å². The molecular formula is C18H23N3O3S. The summed E-state index contributed by atoms with van der Waals surface area (Å²) < 4.78 is 28.8. The minimum atomic E-state index is -3.77. The van der Waals surface area contributed by atoms with E-state index in [1.165, 1.54) is 11.8 Å².